The summed E-state index contributed by atoms with van der Waals surface area (Å²) in [7, 11) is 0. The molecule has 112 valence electrons. The van der Waals surface area contributed by atoms with Gasteiger partial charge in [-0.15, -0.1) is 33.3 Å². The van der Waals surface area contributed by atoms with Gasteiger partial charge in [-0.3, -0.25) is 0 Å². The molecule has 0 atom stereocenters. The normalized spacial score (nSPS) is 10.9. The molecule has 0 saturated carbocycles. The van der Waals surface area contributed by atoms with Crippen LogP contribution in [0.4, 0.5) is 4.39 Å². The van der Waals surface area contributed by atoms with Crippen molar-refractivity contribution in [1.82, 2.24) is 15.2 Å². The van der Waals surface area contributed by atoms with Crippen molar-refractivity contribution < 1.29 is 4.39 Å². The average molecular weight is 331 g/mol. The topological polar surface area (TPSA) is 38.7 Å². The zero-order valence-corrected chi connectivity index (χ0v) is 13.8. The number of hydrogen-bond acceptors (Lipinski definition) is 5. The van der Waals surface area contributed by atoms with Crippen LogP contribution in [0.2, 0.25) is 0 Å². The number of hydrogen-bond donors (Lipinski definition) is 0. The van der Waals surface area contributed by atoms with Gasteiger partial charge < -0.3 is 0 Å². The van der Waals surface area contributed by atoms with Gasteiger partial charge in [0, 0.05) is 5.56 Å². The number of rotatable bonds is 4. The first-order valence-corrected chi connectivity index (χ1v) is 8.68. The Morgan fingerprint density at radius 2 is 1.86 bits per heavy atom. The van der Waals surface area contributed by atoms with Gasteiger partial charge in [0.05, 0.1) is 10.6 Å². The smallest absolute Gasteiger partial charge is 0.124 e. The highest BCUT2D eigenvalue weighted by molar-refractivity contribution is 7.99. The molecule has 0 aliphatic heterocycles. The van der Waals surface area contributed by atoms with Crippen LogP contribution in [0.3, 0.4) is 0 Å². The molecule has 3 aromatic rings. The van der Waals surface area contributed by atoms with Crippen molar-refractivity contribution in [3.05, 3.63) is 47.9 Å². The molecule has 6 heteroatoms. The van der Waals surface area contributed by atoms with E-state index in [1.807, 2.05) is 19.1 Å². The number of thioether (sulfide) groups is 1. The standard InChI is InChI=1S/C16H14FN3S2/c1-3-21-14-9-8-13(19-20-14)15-10(2)18-16(22-15)11-4-6-12(17)7-5-11/h4-9H,3H2,1-2H3. The minimum absolute atomic E-state index is 0.243. The number of halogens is 1. The number of aryl methyl sites for hydroxylation is 1. The van der Waals surface area contributed by atoms with Gasteiger partial charge in [0.25, 0.3) is 0 Å². The van der Waals surface area contributed by atoms with Crippen LogP contribution in [0.25, 0.3) is 21.1 Å². The summed E-state index contributed by atoms with van der Waals surface area (Å²) in [4.78, 5) is 5.57. The van der Waals surface area contributed by atoms with E-state index in [-0.39, 0.29) is 5.82 Å². The maximum atomic E-state index is 13.0. The number of benzene rings is 1. The summed E-state index contributed by atoms with van der Waals surface area (Å²) in [6, 6.07) is 10.3. The fourth-order valence-corrected chi connectivity index (χ4v) is 3.61. The molecule has 0 fully saturated rings. The second-order valence-corrected chi connectivity index (χ2v) is 6.91. The van der Waals surface area contributed by atoms with Crippen LogP contribution in [-0.2, 0) is 0 Å². The second kappa shape index (κ2) is 6.54. The molecule has 3 nitrogen and oxygen atoms in total. The van der Waals surface area contributed by atoms with Gasteiger partial charge in [-0.2, -0.15) is 0 Å². The molecular formula is C16H14FN3S2. The van der Waals surface area contributed by atoms with Gasteiger partial charge in [-0.05, 0) is 49.1 Å². The van der Waals surface area contributed by atoms with Crippen LogP contribution in [0.5, 0.6) is 0 Å². The monoisotopic (exact) mass is 331 g/mol. The Morgan fingerprint density at radius 3 is 2.50 bits per heavy atom. The second-order valence-electron chi connectivity index (χ2n) is 4.63. The van der Waals surface area contributed by atoms with Crippen LogP contribution >= 0.6 is 23.1 Å². The van der Waals surface area contributed by atoms with E-state index in [1.165, 1.54) is 12.1 Å². The zero-order chi connectivity index (χ0) is 15.5. The summed E-state index contributed by atoms with van der Waals surface area (Å²) in [6.07, 6.45) is 0. The van der Waals surface area contributed by atoms with Crippen LogP contribution in [0, 0.1) is 12.7 Å². The average Bonchev–Trinajstić information content (AvgIpc) is 2.91. The SMILES string of the molecule is CCSc1ccc(-c2sc(-c3ccc(F)cc3)nc2C)nn1. The molecule has 0 unspecified atom stereocenters. The van der Waals surface area contributed by atoms with E-state index < -0.39 is 0 Å². The van der Waals surface area contributed by atoms with Gasteiger partial charge in [0.15, 0.2) is 0 Å². The number of thiazole rings is 1. The molecule has 0 aliphatic carbocycles. The Labute approximate surface area is 136 Å². The lowest BCUT2D eigenvalue weighted by atomic mass is 10.2. The third-order valence-corrected chi connectivity index (χ3v) is 5.08. The molecule has 22 heavy (non-hydrogen) atoms. The van der Waals surface area contributed by atoms with E-state index in [9.17, 15) is 4.39 Å². The molecule has 1 aromatic carbocycles. The Kier molecular flexibility index (Phi) is 4.49. The fourth-order valence-electron chi connectivity index (χ4n) is 2.02. The molecule has 0 saturated heterocycles. The van der Waals surface area contributed by atoms with Crippen molar-refractivity contribution in [3.8, 4) is 21.1 Å². The molecule has 0 radical (unpaired) electrons. The molecule has 0 bridgehead atoms. The van der Waals surface area contributed by atoms with Crippen LogP contribution in [0.15, 0.2) is 41.4 Å². The lowest BCUT2D eigenvalue weighted by molar-refractivity contribution is 0.628. The first-order chi connectivity index (χ1) is 10.7. The van der Waals surface area contributed by atoms with Crippen molar-refractivity contribution in [3.63, 3.8) is 0 Å². The minimum Gasteiger partial charge on any atom is -0.241 e. The largest absolute Gasteiger partial charge is 0.241 e. The van der Waals surface area contributed by atoms with Crippen LogP contribution in [0.1, 0.15) is 12.6 Å². The van der Waals surface area contributed by atoms with Gasteiger partial charge in [-0.25, -0.2) is 9.37 Å². The van der Waals surface area contributed by atoms with Crippen molar-refractivity contribution in [2.75, 3.05) is 5.75 Å². The maximum absolute atomic E-state index is 13.0. The van der Waals surface area contributed by atoms with Gasteiger partial charge in [0.2, 0.25) is 0 Å². The van der Waals surface area contributed by atoms with E-state index in [0.29, 0.717) is 0 Å². The van der Waals surface area contributed by atoms with E-state index in [0.717, 1.165) is 37.6 Å². The molecule has 2 aromatic heterocycles. The summed E-state index contributed by atoms with van der Waals surface area (Å²) >= 11 is 3.21. The zero-order valence-electron chi connectivity index (χ0n) is 12.2. The van der Waals surface area contributed by atoms with Crippen LogP contribution < -0.4 is 0 Å². The van der Waals surface area contributed by atoms with Gasteiger partial charge in [0.1, 0.15) is 21.5 Å². The fraction of sp³-hybridized carbons (Fsp3) is 0.188. The van der Waals surface area contributed by atoms with E-state index in [4.69, 9.17) is 0 Å². The third kappa shape index (κ3) is 3.18. The molecular weight excluding hydrogens is 317 g/mol. The number of aromatic nitrogens is 3. The van der Waals surface area contributed by atoms with E-state index in [2.05, 4.69) is 22.1 Å². The highest BCUT2D eigenvalue weighted by atomic mass is 32.2. The van der Waals surface area contributed by atoms with Gasteiger partial charge in [-0.1, -0.05) is 6.92 Å². The molecule has 0 N–H and O–H groups in total. The number of nitrogens with zero attached hydrogens (tertiary/aromatic N) is 3. The highest BCUT2D eigenvalue weighted by Gasteiger charge is 2.13. The summed E-state index contributed by atoms with van der Waals surface area (Å²) in [5, 5.41) is 10.3. The summed E-state index contributed by atoms with van der Waals surface area (Å²) in [5.41, 5.74) is 2.64. The summed E-state index contributed by atoms with van der Waals surface area (Å²) in [5.74, 6) is 0.731. The predicted octanol–water partition coefficient (Wildman–Crippen LogP) is 4.83. The first-order valence-electron chi connectivity index (χ1n) is 6.87. The minimum atomic E-state index is -0.243. The predicted molar refractivity (Wildman–Crippen MR) is 89.7 cm³/mol. The third-order valence-electron chi connectivity index (χ3n) is 3.05. The molecule has 2 heterocycles. The van der Waals surface area contributed by atoms with Crippen molar-refractivity contribution in [2.45, 2.75) is 18.9 Å². The van der Waals surface area contributed by atoms with Gasteiger partial charge >= 0.3 is 0 Å². The lowest BCUT2D eigenvalue weighted by Crippen LogP contribution is -1.89. The van der Waals surface area contributed by atoms with Crippen molar-refractivity contribution in [2.24, 2.45) is 0 Å². The Morgan fingerprint density at radius 1 is 1.09 bits per heavy atom. The molecule has 0 aliphatic rings. The Hall–Kier alpha value is -1.79. The molecule has 0 spiro atoms. The highest BCUT2D eigenvalue weighted by Crippen LogP contribution is 2.34. The van der Waals surface area contributed by atoms with E-state index >= 15 is 0 Å². The molecule has 0 amide bonds. The summed E-state index contributed by atoms with van der Waals surface area (Å²) < 4.78 is 13.0. The van der Waals surface area contributed by atoms with Crippen molar-refractivity contribution in [1.29, 1.82) is 0 Å². The Bertz CT molecular complexity index is 767. The van der Waals surface area contributed by atoms with Crippen molar-refractivity contribution >= 4 is 23.1 Å². The Balaban J connectivity index is 1.93. The summed E-state index contributed by atoms with van der Waals surface area (Å²) in [6.45, 7) is 4.04. The van der Waals surface area contributed by atoms with E-state index in [1.54, 1.807) is 35.2 Å². The van der Waals surface area contributed by atoms with Crippen LogP contribution in [-0.4, -0.2) is 20.9 Å². The quantitative estimate of drug-likeness (QED) is 0.642. The lowest BCUT2D eigenvalue weighted by Gasteiger charge is -1.99. The first kappa shape index (κ1) is 15.1. The molecule has 3 rings (SSSR count). The maximum Gasteiger partial charge on any atom is 0.124 e.